The molecule has 2 aliphatic carbocycles. The standard InChI is InChI=1S/C12H13N/c13-10-6-9-2-1-3-11(9)12(7-10)8-4-5-8/h1-2,6-8H,3-5,13H2. The molecule has 0 unspecified atom stereocenters. The quantitative estimate of drug-likeness (QED) is 0.646. The molecule has 3 rings (SSSR count). The Hall–Kier alpha value is -1.24. The minimum Gasteiger partial charge on any atom is -0.399 e. The van der Waals surface area contributed by atoms with Crippen molar-refractivity contribution in [1.29, 1.82) is 0 Å². The predicted octanol–water partition coefficient (Wildman–Crippen LogP) is 2.72. The Bertz CT molecular complexity index is 386. The molecule has 1 heteroatoms. The second kappa shape index (κ2) is 2.38. The van der Waals surface area contributed by atoms with Crippen molar-refractivity contribution in [2.45, 2.75) is 25.2 Å². The van der Waals surface area contributed by atoms with Gasteiger partial charge in [-0.3, -0.25) is 0 Å². The monoisotopic (exact) mass is 171 g/mol. The van der Waals surface area contributed by atoms with E-state index in [0.29, 0.717) is 0 Å². The van der Waals surface area contributed by atoms with Crippen LogP contribution in [-0.2, 0) is 6.42 Å². The number of hydrogen-bond acceptors (Lipinski definition) is 1. The summed E-state index contributed by atoms with van der Waals surface area (Å²) in [6.07, 6.45) is 8.25. The van der Waals surface area contributed by atoms with Crippen molar-refractivity contribution in [3.05, 3.63) is 34.9 Å². The molecule has 1 nitrogen and oxygen atoms in total. The van der Waals surface area contributed by atoms with Crippen LogP contribution in [0.5, 0.6) is 0 Å². The van der Waals surface area contributed by atoms with Crippen molar-refractivity contribution in [3.63, 3.8) is 0 Å². The Morgan fingerprint density at radius 2 is 2.08 bits per heavy atom. The zero-order valence-corrected chi connectivity index (χ0v) is 7.59. The average Bonchev–Trinajstić information content (AvgIpc) is 2.84. The normalized spacial score (nSPS) is 19.1. The van der Waals surface area contributed by atoms with E-state index in [0.717, 1.165) is 18.0 Å². The first-order valence-electron chi connectivity index (χ1n) is 4.93. The molecule has 1 aromatic carbocycles. The van der Waals surface area contributed by atoms with Gasteiger partial charge in [0.1, 0.15) is 0 Å². The Morgan fingerprint density at radius 3 is 2.85 bits per heavy atom. The van der Waals surface area contributed by atoms with Crippen LogP contribution < -0.4 is 5.73 Å². The molecule has 0 spiro atoms. The molecule has 13 heavy (non-hydrogen) atoms. The maximum Gasteiger partial charge on any atom is 0.0323 e. The Kier molecular flexibility index (Phi) is 1.32. The molecule has 0 radical (unpaired) electrons. The van der Waals surface area contributed by atoms with Crippen molar-refractivity contribution in [3.8, 4) is 0 Å². The van der Waals surface area contributed by atoms with Crippen molar-refractivity contribution < 1.29 is 0 Å². The van der Waals surface area contributed by atoms with Crippen LogP contribution in [0.1, 0.15) is 35.4 Å². The van der Waals surface area contributed by atoms with Crippen molar-refractivity contribution in [2.75, 3.05) is 5.73 Å². The maximum atomic E-state index is 5.86. The van der Waals surface area contributed by atoms with E-state index in [1.165, 1.54) is 29.5 Å². The summed E-state index contributed by atoms with van der Waals surface area (Å²) < 4.78 is 0. The number of anilines is 1. The highest BCUT2D eigenvalue weighted by atomic mass is 14.5. The van der Waals surface area contributed by atoms with Gasteiger partial charge >= 0.3 is 0 Å². The van der Waals surface area contributed by atoms with Crippen LogP contribution >= 0.6 is 0 Å². The highest BCUT2D eigenvalue weighted by Gasteiger charge is 2.27. The Labute approximate surface area is 78.3 Å². The van der Waals surface area contributed by atoms with Gasteiger partial charge in [0.05, 0.1) is 0 Å². The van der Waals surface area contributed by atoms with E-state index in [1.54, 1.807) is 0 Å². The SMILES string of the molecule is Nc1cc2c(c(C3CC3)c1)CC=C2. The number of allylic oxidation sites excluding steroid dienone is 1. The average molecular weight is 171 g/mol. The summed E-state index contributed by atoms with van der Waals surface area (Å²) in [5.41, 5.74) is 11.2. The highest BCUT2D eigenvalue weighted by Crippen LogP contribution is 2.44. The number of nitrogen functional groups attached to an aromatic ring is 1. The minimum atomic E-state index is 0.817. The van der Waals surface area contributed by atoms with E-state index in [4.69, 9.17) is 5.73 Å². The van der Waals surface area contributed by atoms with Gasteiger partial charge in [0, 0.05) is 5.69 Å². The zero-order valence-electron chi connectivity index (χ0n) is 7.59. The van der Waals surface area contributed by atoms with Gasteiger partial charge in [0.15, 0.2) is 0 Å². The van der Waals surface area contributed by atoms with Gasteiger partial charge in [-0.05, 0) is 54.0 Å². The van der Waals surface area contributed by atoms with E-state index in [2.05, 4.69) is 24.3 Å². The second-order valence-electron chi connectivity index (χ2n) is 4.06. The number of fused-ring (bicyclic) bond motifs is 1. The fourth-order valence-corrected chi connectivity index (χ4v) is 2.19. The predicted molar refractivity (Wildman–Crippen MR) is 55.6 cm³/mol. The Balaban J connectivity index is 2.19. The van der Waals surface area contributed by atoms with Crippen LogP contribution in [0, 0.1) is 0 Å². The maximum absolute atomic E-state index is 5.86. The summed E-state index contributed by atoms with van der Waals surface area (Å²) in [7, 11) is 0. The van der Waals surface area contributed by atoms with Gasteiger partial charge in [-0.2, -0.15) is 0 Å². The Morgan fingerprint density at radius 1 is 1.23 bits per heavy atom. The van der Waals surface area contributed by atoms with E-state index < -0.39 is 0 Å². The van der Waals surface area contributed by atoms with Crippen molar-refractivity contribution in [1.82, 2.24) is 0 Å². The largest absolute Gasteiger partial charge is 0.399 e. The van der Waals surface area contributed by atoms with Crippen LogP contribution in [0.25, 0.3) is 6.08 Å². The molecule has 0 aromatic heterocycles. The molecule has 0 atom stereocenters. The summed E-state index contributed by atoms with van der Waals surface area (Å²) in [6.45, 7) is 0. The number of hydrogen-bond donors (Lipinski definition) is 1. The summed E-state index contributed by atoms with van der Waals surface area (Å²) >= 11 is 0. The minimum absolute atomic E-state index is 0.817. The van der Waals surface area contributed by atoms with E-state index in [-0.39, 0.29) is 0 Å². The third-order valence-corrected chi connectivity index (χ3v) is 2.98. The third kappa shape index (κ3) is 1.07. The molecule has 1 fully saturated rings. The number of rotatable bonds is 1. The third-order valence-electron chi connectivity index (χ3n) is 2.98. The molecule has 0 amide bonds. The van der Waals surface area contributed by atoms with Gasteiger partial charge < -0.3 is 5.73 Å². The van der Waals surface area contributed by atoms with Crippen LogP contribution in [0.3, 0.4) is 0 Å². The number of benzene rings is 1. The number of nitrogens with two attached hydrogens (primary N) is 1. The van der Waals surface area contributed by atoms with Crippen LogP contribution in [0.15, 0.2) is 18.2 Å². The molecule has 0 saturated heterocycles. The molecule has 66 valence electrons. The summed E-state index contributed by atoms with van der Waals surface area (Å²) in [6, 6.07) is 4.26. The lowest BCUT2D eigenvalue weighted by Gasteiger charge is -2.08. The van der Waals surface area contributed by atoms with Gasteiger partial charge in [-0.1, -0.05) is 12.2 Å². The van der Waals surface area contributed by atoms with Crippen molar-refractivity contribution in [2.24, 2.45) is 0 Å². The fraction of sp³-hybridized carbons (Fsp3) is 0.333. The molecule has 0 bridgehead atoms. The zero-order chi connectivity index (χ0) is 8.84. The van der Waals surface area contributed by atoms with Crippen LogP contribution in [0.4, 0.5) is 5.69 Å². The first kappa shape index (κ1) is 7.19. The molecule has 0 heterocycles. The first-order chi connectivity index (χ1) is 6.34. The fourth-order valence-electron chi connectivity index (χ4n) is 2.19. The molecular weight excluding hydrogens is 158 g/mol. The van der Waals surface area contributed by atoms with Gasteiger partial charge in [-0.15, -0.1) is 0 Å². The summed E-state index contributed by atoms with van der Waals surface area (Å²) in [5, 5.41) is 0. The topological polar surface area (TPSA) is 26.0 Å². The first-order valence-corrected chi connectivity index (χ1v) is 4.93. The lowest BCUT2D eigenvalue weighted by molar-refractivity contribution is 1.08. The molecule has 1 aromatic rings. The van der Waals surface area contributed by atoms with E-state index >= 15 is 0 Å². The smallest absolute Gasteiger partial charge is 0.0323 e. The lowest BCUT2D eigenvalue weighted by atomic mass is 9.98. The van der Waals surface area contributed by atoms with Crippen LogP contribution in [0.2, 0.25) is 0 Å². The van der Waals surface area contributed by atoms with Crippen molar-refractivity contribution >= 4 is 11.8 Å². The molecule has 2 aliphatic rings. The van der Waals surface area contributed by atoms with Gasteiger partial charge in [-0.25, -0.2) is 0 Å². The summed E-state index contributed by atoms with van der Waals surface area (Å²) in [4.78, 5) is 0. The lowest BCUT2D eigenvalue weighted by Crippen LogP contribution is -1.95. The highest BCUT2D eigenvalue weighted by molar-refractivity contribution is 5.67. The molecule has 0 aliphatic heterocycles. The molecular formula is C12H13N. The molecule has 2 N–H and O–H groups in total. The van der Waals surface area contributed by atoms with Gasteiger partial charge in [0.25, 0.3) is 0 Å². The van der Waals surface area contributed by atoms with Gasteiger partial charge in [0.2, 0.25) is 0 Å². The van der Waals surface area contributed by atoms with E-state index in [9.17, 15) is 0 Å². The summed E-state index contributed by atoms with van der Waals surface area (Å²) in [5.74, 6) is 0.817. The van der Waals surface area contributed by atoms with Crippen LogP contribution in [-0.4, -0.2) is 0 Å². The molecule has 1 saturated carbocycles. The second-order valence-corrected chi connectivity index (χ2v) is 4.06. The van der Waals surface area contributed by atoms with E-state index in [1.807, 2.05) is 0 Å².